The van der Waals surface area contributed by atoms with Gasteiger partial charge in [-0.1, -0.05) is 29.8 Å². The van der Waals surface area contributed by atoms with E-state index in [1.54, 1.807) is 12.1 Å². The van der Waals surface area contributed by atoms with E-state index in [1.165, 1.54) is 6.07 Å². The molecule has 0 unspecified atom stereocenters. The molecule has 0 fully saturated rings. The second-order valence-corrected chi connectivity index (χ2v) is 4.68. The van der Waals surface area contributed by atoms with Crippen LogP contribution in [0.4, 0.5) is 11.4 Å². The molecule has 2 rings (SSSR count). The number of nitrogens with one attached hydrogen (secondary N) is 1. The summed E-state index contributed by atoms with van der Waals surface area (Å²) >= 11 is 6.06. The minimum atomic E-state index is -0.433. The van der Waals surface area contributed by atoms with Crippen molar-refractivity contribution in [3.63, 3.8) is 0 Å². The summed E-state index contributed by atoms with van der Waals surface area (Å²) in [6.45, 7) is 2.70. The third kappa shape index (κ3) is 3.64. The van der Waals surface area contributed by atoms with Gasteiger partial charge >= 0.3 is 0 Å². The van der Waals surface area contributed by atoms with E-state index in [9.17, 15) is 10.1 Å². The largest absolute Gasteiger partial charge is 0.492 e. The molecule has 0 aromatic heterocycles. The maximum atomic E-state index is 11.0. The number of anilines is 1. The van der Waals surface area contributed by atoms with Gasteiger partial charge in [0.15, 0.2) is 0 Å². The topological polar surface area (TPSA) is 64.4 Å². The summed E-state index contributed by atoms with van der Waals surface area (Å²) in [4.78, 5) is 10.6. The van der Waals surface area contributed by atoms with E-state index in [1.807, 2.05) is 31.2 Å². The van der Waals surface area contributed by atoms with E-state index < -0.39 is 4.92 Å². The third-order valence-corrected chi connectivity index (χ3v) is 3.29. The van der Waals surface area contributed by atoms with E-state index in [0.717, 1.165) is 5.69 Å². The summed E-state index contributed by atoms with van der Waals surface area (Å²) in [6, 6.07) is 12.1. The predicted octanol–water partition coefficient (Wildman–Crippen LogP) is 4.26. The summed E-state index contributed by atoms with van der Waals surface area (Å²) in [7, 11) is 0. The van der Waals surface area contributed by atoms with Crippen LogP contribution in [0, 0.1) is 10.1 Å². The van der Waals surface area contributed by atoms with Gasteiger partial charge in [0.25, 0.3) is 5.69 Å². The maximum absolute atomic E-state index is 11.0. The fraction of sp³-hybridized carbons (Fsp3) is 0.200. The third-order valence-electron chi connectivity index (χ3n) is 2.93. The summed E-state index contributed by atoms with van der Waals surface area (Å²) in [5.41, 5.74) is 1.23. The number of rotatable bonds is 6. The highest BCUT2D eigenvalue weighted by Gasteiger charge is 2.16. The van der Waals surface area contributed by atoms with Gasteiger partial charge in [-0.2, -0.15) is 0 Å². The van der Waals surface area contributed by atoms with Gasteiger partial charge in [0.1, 0.15) is 5.75 Å². The smallest absolute Gasteiger partial charge is 0.275 e. The molecular weight excluding hydrogens is 292 g/mol. The predicted molar refractivity (Wildman–Crippen MR) is 83.0 cm³/mol. The van der Waals surface area contributed by atoms with Crippen molar-refractivity contribution in [2.45, 2.75) is 13.5 Å². The van der Waals surface area contributed by atoms with Crippen LogP contribution < -0.4 is 10.1 Å². The second-order valence-electron chi connectivity index (χ2n) is 4.28. The standard InChI is InChI=1S/C15H15ClN2O3/c1-2-21-15-9-4-3-7-13(15)17-10-11-12(16)6-5-8-14(11)18(19)20/h3-9,17H,2,10H2,1H3. The number of nitrogens with zero attached hydrogens (tertiary/aromatic N) is 1. The lowest BCUT2D eigenvalue weighted by molar-refractivity contribution is -0.385. The van der Waals surface area contributed by atoms with Crippen molar-refractivity contribution in [3.05, 3.63) is 63.2 Å². The molecule has 0 bridgehead atoms. The lowest BCUT2D eigenvalue weighted by Crippen LogP contribution is -2.05. The zero-order chi connectivity index (χ0) is 15.2. The Hall–Kier alpha value is -2.27. The molecule has 0 heterocycles. The van der Waals surface area contributed by atoms with Crippen molar-refractivity contribution in [1.82, 2.24) is 0 Å². The molecule has 0 atom stereocenters. The number of hydrogen-bond acceptors (Lipinski definition) is 4. The summed E-state index contributed by atoms with van der Waals surface area (Å²) in [6.07, 6.45) is 0. The first-order valence-electron chi connectivity index (χ1n) is 6.51. The summed E-state index contributed by atoms with van der Waals surface area (Å²) in [5.74, 6) is 0.703. The average molecular weight is 307 g/mol. The molecule has 110 valence electrons. The fourth-order valence-electron chi connectivity index (χ4n) is 1.97. The van der Waals surface area contributed by atoms with E-state index in [4.69, 9.17) is 16.3 Å². The normalized spacial score (nSPS) is 10.2. The van der Waals surface area contributed by atoms with Crippen LogP contribution in [0.15, 0.2) is 42.5 Å². The van der Waals surface area contributed by atoms with Gasteiger partial charge in [-0.05, 0) is 25.1 Å². The lowest BCUT2D eigenvalue weighted by atomic mass is 10.1. The summed E-state index contributed by atoms with van der Waals surface area (Å²) < 4.78 is 5.50. The van der Waals surface area contributed by atoms with Gasteiger partial charge in [0.05, 0.1) is 27.8 Å². The Labute approximate surface area is 127 Å². The molecule has 0 amide bonds. The molecular formula is C15H15ClN2O3. The number of benzene rings is 2. The van der Waals surface area contributed by atoms with Crippen molar-refractivity contribution >= 4 is 23.0 Å². The van der Waals surface area contributed by atoms with E-state index >= 15 is 0 Å². The van der Waals surface area contributed by atoms with Crippen LogP contribution in [0.3, 0.4) is 0 Å². The number of halogens is 1. The molecule has 0 radical (unpaired) electrons. The monoisotopic (exact) mass is 306 g/mol. The van der Waals surface area contributed by atoms with Crippen LogP contribution in [-0.4, -0.2) is 11.5 Å². The Morgan fingerprint density at radius 1 is 1.24 bits per heavy atom. The Balaban J connectivity index is 2.23. The molecule has 6 heteroatoms. The minimum absolute atomic E-state index is 0.00360. The maximum Gasteiger partial charge on any atom is 0.275 e. The first-order valence-corrected chi connectivity index (χ1v) is 6.88. The van der Waals surface area contributed by atoms with Crippen LogP contribution in [0.2, 0.25) is 5.02 Å². The van der Waals surface area contributed by atoms with Gasteiger partial charge in [0.2, 0.25) is 0 Å². The lowest BCUT2D eigenvalue weighted by Gasteiger charge is -2.13. The van der Waals surface area contributed by atoms with Gasteiger partial charge in [-0.15, -0.1) is 0 Å². The van der Waals surface area contributed by atoms with E-state index in [-0.39, 0.29) is 12.2 Å². The van der Waals surface area contributed by atoms with Crippen LogP contribution in [0.5, 0.6) is 5.75 Å². The van der Waals surface area contributed by atoms with Crippen molar-refractivity contribution < 1.29 is 9.66 Å². The number of nitro groups is 1. The molecule has 21 heavy (non-hydrogen) atoms. The molecule has 0 saturated carbocycles. The highest BCUT2D eigenvalue weighted by atomic mass is 35.5. The minimum Gasteiger partial charge on any atom is -0.492 e. The first-order chi connectivity index (χ1) is 10.1. The molecule has 0 spiro atoms. The van der Waals surface area contributed by atoms with Gasteiger partial charge in [-0.3, -0.25) is 10.1 Å². The van der Waals surface area contributed by atoms with Crippen LogP contribution in [0.1, 0.15) is 12.5 Å². The summed E-state index contributed by atoms with van der Waals surface area (Å²) in [5, 5.41) is 14.6. The molecule has 2 aromatic rings. The van der Waals surface area contributed by atoms with Crippen LogP contribution in [-0.2, 0) is 6.54 Å². The first kappa shape index (κ1) is 15.1. The molecule has 0 aliphatic rings. The quantitative estimate of drug-likeness (QED) is 0.640. The van der Waals surface area contributed by atoms with Gasteiger partial charge in [-0.25, -0.2) is 0 Å². The van der Waals surface area contributed by atoms with Crippen molar-refractivity contribution in [3.8, 4) is 5.75 Å². The van der Waals surface area contributed by atoms with Crippen LogP contribution in [0.25, 0.3) is 0 Å². The SMILES string of the molecule is CCOc1ccccc1NCc1c(Cl)cccc1[N+](=O)[O-]. The fourth-order valence-corrected chi connectivity index (χ4v) is 2.21. The number of ether oxygens (including phenoxy) is 1. The number of hydrogen-bond donors (Lipinski definition) is 1. The van der Waals surface area contributed by atoms with Crippen molar-refractivity contribution in [2.75, 3.05) is 11.9 Å². The van der Waals surface area contributed by atoms with Crippen molar-refractivity contribution in [2.24, 2.45) is 0 Å². The Bertz CT molecular complexity index is 647. The zero-order valence-corrected chi connectivity index (χ0v) is 12.3. The Kier molecular flexibility index (Phi) is 5.00. The van der Waals surface area contributed by atoms with Crippen molar-refractivity contribution in [1.29, 1.82) is 0 Å². The molecule has 2 aromatic carbocycles. The molecule has 0 aliphatic carbocycles. The zero-order valence-electron chi connectivity index (χ0n) is 11.5. The molecule has 0 saturated heterocycles. The van der Waals surface area contributed by atoms with E-state index in [0.29, 0.717) is 22.9 Å². The molecule has 0 aliphatic heterocycles. The van der Waals surface area contributed by atoms with Gasteiger partial charge in [0, 0.05) is 12.6 Å². The van der Waals surface area contributed by atoms with E-state index in [2.05, 4.69) is 5.32 Å². The van der Waals surface area contributed by atoms with Gasteiger partial charge < -0.3 is 10.1 Å². The molecule has 1 N–H and O–H groups in total. The molecule has 5 nitrogen and oxygen atoms in total. The van der Waals surface area contributed by atoms with Crippen LogP contribution >= 0.6 is 11.6 Å². The number of nitro benzene ring substituents is 1. The Morgan fingerprint density at radius 2 is 2.00 bits per heavy atom. The average Bonchev–Trinajstić information content (AvgIpc) is 2.47. The Morgan fingerprint density at radius 3 is 2.71 bits per heavy atom. The highest BCUT2D eigenvalue weighted by molar-refractivity contribution is 6.31. The number of para-hydroxylation sites is 2. The highest BCUT2D eigenvalue weighted by Crippen LogP contribution is 2.29. The second kappa shape index (κ2) is 6.95.